The molecule has 0 spiro atoms. The lowest BCUT2D eigenvalue weighted by Gasteiger charge is -2.16. The van der Waals surface area contributed by atoms with Crippen LogP contribution in [-0.2, 0) is 20.2 Å². The molecule has 3 rings (SSSR count). The number of aryl methyl sites for hydroxylation is 1. The Morgan fingerprint density at radius 1 is 1.07 bits per heavy atom. The van der Waals surface area contributed by atoms with Crippen LogP contribution in [0.1, 0.15) is 18.1 Å². The number of aromatic nitrogens is 4. The third kappa shape index (κ3) is 4.98. The van der Waals surface area contributed by atoms with Crippen LogP contribution in [0.2, 0.25) is 15.1 Å². The average Bonchev–Trinajstić information content (AvgIpc) is 3.06. The number of ether oxygens (including phenoxy) is 2. The molecular weight excluding hydrogens is 425 g/mol. The molecule has 10 heteroatoms. The van der Waals surface area contributed by atoms with Gasteiger partial charge in [-0.05, 0) is 47.2 Å². The lowest BCUT2D eigenvalue weighted by atomic mass is 10.2. The van der Waals surface area contributed by atoms with Crippen LogP contribution in [0.15, 0.2) is 30.3 Å². The normalized spacial score (nSPS) is 10.8. The Morgan fingerprint density at radius 2 is 1.89 bits per heavy atom. The number of tetrazole rings is 1. The van der Waals surface area contributed by atoms with Gasteiger partial charge in [0.15, 0.2) is 11.5 Å². The zero-order valence-corrected chi connectivity index (χ0v) is 17.5. The summed E-state index contributed by atoms with van der Waals surface area (Å²) in [7, 11) is 1.75. The zero-order valence-electron chi connectivity index (χ0n) is 15.2. The van der Waals surface area contributed by atoms with Crippen molar-refractivity contribution in [2.45, 2.75) is 20.1 Å². The van der Waals surface area contributed by atoms with E-state index < -0.39 is 0 Å². The van der Waals surface area contributed by atoms with Crippen molar-refractivity contribution in [3.63, 3.8) is 0 Å². The predicted molar refractivity (Wildman–Crippen MR) is 110 cm³/mol. The van der Waals surface area contributed by atoms with E-state index in [1.807, 2.05) is 19.1 Å². The molecule has 0 fully saturated rings. The Labute approximate surface area is 177 Å². The van der Waals surface area contributed by atoms with E-state index in [1.54, 1.807) is 29.9 Å². The number of hydrogen-bond acceptors (Lipinski definition) is 6. The fourth-order valence-electron chi connectivity index (χ4n) is 2.48. The van der Waals surface area contributed by atoms with Crippen LogP contribution < -0.4 is 14.8 Å². The summed E-state index contributed by atoms with van der Waals surface area (Å²) in [6, 6.07) is 8.91. The summed E-state index contributed by atoms with van der Waals surface area (Å²) in [5.74, 6) is 1.55. The summed E-state index contributed by atoms with van der Waals surface area (Å²) in [6.45, 7) is 3.07. The molecule has 0 radical (unpaired) electrons. The Bertz CT molecular complexity index is 964. The smallest absolute Gasteiger partial charge is 0.242 e. The van der Waals surface area contributed by atoms with Gasteiger partial charge in [-0.2, -0.15) is 0 Å². The van der Waals surface area contributed by atoms with Gasteiger partial charge >= 0.3 is 0 Å². The van der Waals surface area contributed by atoms with Crippen molar-refractivity contribution >= 4 is 40.8 Å². The molecule has 0 unspecified atom stereocenters. The third-order valence-electron chi connectivity index (χ3n) is 3.83. The van der Waals surface area contributed by atoms with Gasteiger partial charge in [-0.15, -0.1) is 0 Å². The van der Waals surface area contributed by atoms with Crippen LogP contribution in [0, 0.1) is 0 Å². The average molecular weight is 443 g/mol. The molecule has 0 saturated heterocycles. The maximum Gasteiger partial charge on any atom is 0.242 e. The summed E-state index contributed by atoms with van der Waals surface area (Å²) in [6.07, 6.45) is 0. The van der Waals surface area contributed by atoms with E-state index in [9.17, 15) is 0 Å². The van der Waals surface area contributed by atoms with Crippen LogP contribution in [0.4, 0.5) is 5.95 Å². The van der Waals surface area contributed by atoms with E-state index in [2.05, 4.69) is 20.8 Å². The lowest BCUT2D eigenvalue weighted by Crippen LogP contribution is -2.07. The molecule has 0 aliphatic rings. The molecule has 148 valence electrons. The van der Waals surface area contributed by atoms with Gasteiger partial charge in [0, 0.05) is 29.2 Å². The first-order valence-corrected chi connectivity index (χ1v) is 9.59. The molecule has 1 heterocycles. The Balaban J connectivity index is 1.77. The summed E-state index contributed by atoms with van der Waals surface area (Å²) >= 11 is 18.6. The quantitative estimate of drug-likeness (QED) is 0.542. The second-order valence-corrected chi connectivity index (χ2v) is 7.09. The van der Waals surface area contributed by atoms with Gasteiger partial charge in [0.1, 0.15) is 6.61 Å². The second-order valence-electron chi connectivity index (χ2n) is 5.84. The SMILES string of the molecule is CCOc1cc(CNc2nnnn2C)cc(Cl)c1OCc1ccc(Cl)cc1Cl. The van der Waals surface area contributed by atoms with Crippen LogP contribution in [0.5, 0.6) is 11.5 Å². The monoisotopic (exact) mass is 441 g/mol. The molecular formula is C18H18Cl3N5O2. The van der Waals surface area contributed by atoms with Gasteiger partial charge in [-0.25, -0.2) is 4.68 Å². The largest absolute Gasteiger partial charge is 0.490 e. The highest BCUT2D eigenvalue weighted by molar-refractivity contribution is 6.35. The number of rotatable bonds is 8. The van der Waals surface area contributed by atoms with Crippen molar-refractivity contribution in [1.29, 1.82) is 0 Å². The van der Waals surface area contributed by atoms with Gasteiger partial charge in [0.2, 0.25) is 5.95 Å². The number of benzene rings is 2. The molecule has 0 aliphatic carbocycles. The molecule has 1 N–H and O–H groups in total. The molecule has 0 atom stereocenters. The first kappa shape index (κ1) is 20.5. The van der Waals surface area contributed by atoms with E-state index in [0.29, 0.717) is 45.7 Å². The molecule has 0 bridgehead atoms. The highest BCUT2D eigenvalue weighted by Crippen LogP contribution is 2.38. The molecule has 2 aromatic carbocycles. The fourth-order valence-corrected chi connectivity index (χ4v) is 3.23. The molecule has 1 aromatic heterocycles. The van der Waals surface area contributed by atoms with Crippen molar-refractivity contribution in [2.75, 3.05) is 11.9 Å². The van der Waals surface area contributed by atoms with Crippen molar-refractivity contribution in [3.8, 4) is 11.5 Å². The number of anilines is 1. The number of halogens is 3. The van der Waals surface area contributed by atoms with Crippen molar-refractivity contribution < 1.29 is 9.47 Å². The van der Waals surface area contributed by atoms with Crippen LogP contribution >= 0.6 is 34.8 Å². The van der Waals surface area contributed by atoms with Gasteiger partial charge in [-0.3, -0.25) is 0 Å². The van der Waals surface area contributed by atoms with Crippen molar-refractivity contribution in [3.05, 3.63) is 56.5 Å². The topological polar surface area (TPSA) is 74.1 Å². The van der Waals surface area contributed by atoms with Gasteiger partial charge in [0.25, 0.3) is 0 Å². The molecule has 7 nitrogen and oxygen atoms in total. The summed E-state index contributed by atoms with van der Waals surface area (Å²) in [5.41, 5.74) is 1.69. The fraction of sp³-hybridized carbons (Fsp3) is 0.278. The highest BCUT2D eigenvalue weighted by Gasteiger charge is 2.14. The zero-order chi connectivity index (χ0) is 20.1. The number of nitrogens with zero attached hydrogens (tertiary/aromatic N) is 4. The Kier molecular flexibility index (Phi) is 6.83. The Morgan fingerprint density at radius 3 is 2.57 bits per heavy atom. The van der Waals surface area contributed by atoms with Crippen molar-refractivity contribution in [1.82, 2.24) is 20.2 Å². The molecule has 0 saturated carbocycles. The summed E-state index contributed by atoms with van der Waals surface area (Å²) in [5, 5.41) is 15.9. The number of hydrogen-bond donors (Lipinski definition) is 1. The Hall–Kier alpha value is -2.22. The summed E-state index contributed by atoms with van der Waals surface area (Å²) in [4.78, 5) is 0. The summed E-state index contributed by atoms with van der Waals surface area (Å²) < 4.78 is 13.2. The van der Waals surface area contributed by atoms with E-state index in [4.69, 9.17) is 44.3 Å². The lowest BCUT2D eigenvalue weighted by molar-refractivity contribution is 0.269. The minimum atomic E-state index is 0.234. The first-order valence-electron chi connectivity index (χ1n) is 8.46. The van der Waals surface area contributed by atoms with E-state index in [1.165, 1.54) is 0 Å². The van der Waals surface area contributed by atoms with Crippen LogP contribution in [-0.4, -0.2) is 26.8 Å². The van der Waals surface area contributed by atoms with E-state index in [-0.39, 0.29) is 6.61 Å². The van der Waals surface area contributed by atoms with Crippen LogP contribution in [0.3, 0.4) is 0 Å². The molecule has 0 amide bonds. The third-order valence-corrected chi connectivity index (χ3v) is 4.69. The predicted octanol–water partition coefficient (Wildman–Crippen LogP) is 4.76. The molecule has 0 aliphatic heterocycles. The maximum atomic E-state index is 6.46. The standard InChI is InChI=1S/C18H18Cl3N5O2/c1-3-27-16-7-11(9-22-18-23-24-25-26(18)2)6-15(21)17(16)28-10-12-4-5-13(19)8-14(12)20/h4-8H,3,9-10H2,1-2H3,(H,22,23,25). The van der Waals surface area contributed by atoms with E-state index >= 15 is 0 Å². The highest BCUT2D eigenvalue weighted by atomic mass is 35.5. The van der Waals surface area contributed by atoms with Crippen molar-refractivity contribution in [2.24, 2.45) is 7.05 Å². The molecule has 3 aromatic rings. The van der Waals surface area contributed by atoms with E-state index in [0.717, 1.165) is 11.1 Å². The first-order chi connectivity index (χ1) is 13.5. The van der Waals surface area contributed by atoms with Crippen LogP contribution in [0.25, 0.3) is 0 Å². The minimum Gasteiger partial charge on any atom is -0.490 e. The van der Waals surface area contributed by atoms with Gasteiger partial charge in [-0.1, -0.05) is 46.0 Å². The van der Waals surface area contributed by atoms with Gasteiger partial charge < -0.3 is 14.8 Å². The van der Waals surface area contributed by atoms with Gasteiger partial charge in [0.05, 0.1) is 11.6 Å². The molecule has 28 heavy (non-hydrogen) atoms. The second kappa shape index (κ2) is 9.32. The minimum absolute atomic E-state index is 0.234. The number of nitrogens with one attached hydrogen (secondary N) is 1. The maximum absolute atomic E-state index is 6.46.